The lowest BCUT2D eigenvalue weighted by molar-refractivity contribution is -0.111. The minimum atomic E-state index is -0.570. The molecule has 1 aliphatic rings. The number of rotatable bonds is 2. The van der Waals surface area contributed by atoms with Crippen LogP contribution in [0.5, 0.6) is 0 Å². The summed E-state index contributed by atoms with van der Waals surface area (Å²) in [4.78, 5) is 25.1. The van der Waals surface area contributed by atoms with Crippen LogP contribution in [0.3, 0.4) is 0 Å². The van der Waals surface area contributed by atoms with Crippen LogP contribution in [0.4, 0.5) is 4.79 Å². The highest BCUT2D eigenvalue weighted by atomic mass is 32.2. The number of amides is 1. The fourth-order valence-electron chi connectivity index (χ4n) is 2.05. The Morgan fingerprint density at radius 1 is 1.35 bits per heavy atom. The van der Waals surface area contributed by atoms with E-state index in [0.717, 1.165) is 11.8 Å². The zero-order valence-corrected chi connectivity index (χ0v) is 12.7. The quantitative estimate of drug-likeness (QED) is 0.785. The van der Waals surface area contributed by atoms with E-state index in [9.17, 15) is 9.59 Å². The highest BCUT2D eigenvalue weighted by Crippen LogP contribution is 2.41. The zero-order chi connectivity index (χ0) is 14.8. The first kappa shape index (κ1) is 14.9. The Kier molecular flexibility index (Phi) is 4.38. The van der Waals surface area contributed by atoms with Gasteiger partial charge in [-0.1, -0.05) is 30.3 Å². The van der Waals surface area contributed by atoms with E-state index < -0.39 is 17.7 Å². The number of carbonyl (C=O) groups excluding carboxylic acids is 2. The van der Waals surface area contributed by atoms with Crippen molar-refractivity contribution in [2.75, 3.05) is 5.75 Å². The normalized spacial score (nSPS) is 22.6. The SMILES string of the molecule is CC(C)(C)OC(=O)N1C(c2ccccc2)SC[C@H]1C=O. The molecule has 4 nitrogen and oxygen atoms in total. The Labute approximate surface area is 123 Å². The summed E-state index contributed by atoms with van der Waals surface area (Å²) < 4.78 is 5.42. The smallest absolute Gasteiger partial charge is 0.412 e. The number of benzene rings is 1. The predicted octanol–water partition coefficient (Wildman–Crippen LogP) is 3.24. The Bertz CT molecular complexity index is 484. The molecule has 0 spiro atoms. The van der Waals surface area contributed by atoms with Gasteiger partial charge in [0.15, 0.2) is 0 Å². The van der Waals surface area contributed by atoms with Crippen LogP contribution in [-0.2, 0) is 9.53 Å². The Morgan fingerprint density at radius 3 is 2.55 bits per heavy atom. The maximum atomic E-state index is 12.3. The van der Waals surface area contributed by atoms with Crippen LogP contribution in [0.25, 0.3) is 0 Å². The lowest BCUT2D eigenvalue weighted by Gasteiger charge is -2.30. The molecular weight excluding hydrogens is 274 g/mol. The minimum absolute atomic E-state index is 0.166. The number of hydrogen-bond donors (Lipinski definition) is 0. The molecule has 0 N–H and O–H groups in total. The fourth-order valence-corrected chi connectivity index (χ4v) is 3.42. The van der Waals surface area contributed by atoms with Crippen molar-refractivity contribution in [1.29, 1.82) is 0 Å². The van der Waals surface area contributed by atoms with E-state index in [0.29, 0.717) is 5.75 Å². The van der Waals surface area contributed by atoms with E-state index >= 15 is 0 Å². The second kappa shape index (κ2) is 5.87. The van der Waals surface area contributed by atoms with Gasteiger partial charge < -0.3 is 9.53 Å². The molecule has 5 heteroatoms. The molecule has 1 aromatic rings. The van der Waals surface area contributed by atoms with E-state index in [4.69, 9.17) is 4.74 Å². The van der Waals surface area contributed by atoms with Crippen molar-refractivity contribution < 1.29 is 14.3 Å². The Morgan fingerprint density at radius 2 is 2.00 bits per heavy atom. The predicted molar refractivity (Wildman–Crippen MR) is 79.6 cm³/mol. The number of nitrogens with zero attached hydrogens (tertiary/aromatic N) is 1. The molecule has 1 saturated heterocycles. The third kappa shape index (κ3) is 3.33. The summed E-state index contributed by atoms with van der Waals surface area (Å²) in [6.45, 7) is 5.46. The van der Waals surface area contributed by atoms with Crippen LogP contribution >= 0.6 is 11.8 Å². The van der Waals surface area contributed by atoms with Gasteiger partial charge in [0.2, 0.25) is 0 Å². The summed E-state index contributed by atoms with van der Waals surface area (Å²) in [6, 6.07) is 9.28. The molecule has 1 unspecified atom stereocenters. The van der Waals surface area contributed by atoms with Crippen molar-refractivity contribution in [2.45, 2.75) is 37.8 Å². The number of aldehydes is 1. The van der Waals surface area contributed by atoms with E-state index in [1.807, 2.05) is 51.1 Å². The molecular formula is C15H19NO3S. The van der Waals surface area contributed by atoms with E-state index in [2.05, 4.69) is 0 Å². The monoisotopic (exact) mass is 293 g/mol. The highest BCUT2D eigenvalue weighted by Gasteiger charge is 2.40. The van der Waals surface area contributed by atoms with Crippen molar-refractivity contribution in [1.82, 2.24) is 4.90 Å². The average molecular weight is 293 g/mol. The summed E-state index contributed by atoms with van der Waals surface area (Å²) in [6.07, 6.45) is 0.383. The molecule has 1 heterocycles. The van der Waals surface area contributed by atoms with E-state index in [1.54, 1.807) is 11.8 Å². The standard InChI is InChI=1S/C15H19NO3S/c1-15(2,3)19-14(18)16-12(9-17)10-20-13(16)11-7-5-4-6-8-11/h4-9,12-13H,10H2,1-3H3/t12-,13?/m1/s1. The Balaban J connectivity index is 2.24. The van der Waals surface area contributed by atoms with E-state index in [1.165, 1.54) is 4.90 Å². The highest BCUT2D eigenvalue weighted by molar-refractivity contribution is 7.99. The Hall–Kier alpha value is -1.49. The summed E-state index contributed by atoms with van der Waals surface area (Å²) in [5, 5.41) is -0.166. The first-order valence-electron chi connectivity index (χ1n) is 6.55. The average Bonchev–Trinajstić information content (AvgIpc) is 2.81. The molecule has 0 bridgehead atoms. The van der Waals surface area contributed by atoms with Gasteiger partial charge in [-0.05, 0) is 26.3 Å². The second-order valence-corrected chi connectivity index (χ2v) is 6.80. The summed E-state index contributed by atoms with van der Waals surface area (Å²) in [5.41, 5.74) is 0.437. The van der Waals surface area contributed by atoms with Crippen molar-refractivity contribution in [2.24, 2.45) is 0 Å². The molecule has 2 atom stereocenters. The van der Waals surface area contributed by atoms with Gasteiger partial charge >= 0.3 is 6.09 Å². The molecule has 1 aliphatic heterocycles. The van der Waals surface area contributed by atoms with Crippen LogP contribution in [0, 0.1) is 0 Å². The largest absolute Gasteiger partial charge is 0.444 e. The molecule has 0 saturated carbocycles. The molecule has 0 radical (unpaired) electrons. The lowest BCUT2D eigenvalue weighted by Crippen LogP contribution is -2.42. The lowest BCUT2D eigenvalue weighted by atomic mass is 10.2. The molecule has 1 amide bonds. The van der Waals surface area contributed by atoms with Gasteiger partial charge in [0.1, 0.15) is 23.3 Å². The maximum Gasteiger partial charge on any atom is 0.412 e. The van der Waals surface area contributed by atoms with Crippen LogP contribution < -0.4 is 0 Å². The molecule has 1 aromatic carbocycles. The maximum absolute atomic E-state index is 12.3. The van der Waals surface area contributed by atoms with Gasteiger partial charge in [-0.25, -0.2) is 4.79 Å². The van der Waals surface area contributed by atoms with Crippen molar-refractivity contribution >= 4 is 24.1 Å². The second-order valence-electron chi connectivity index (χ2n) is 5.69. The first-order chi connectivity index (χ1) is 9.42. The zero-order valence-electron chi connectivity index (χ0n) is 11.9. The number of carbonyl (C=O) groups is 2. The van der Waals surface area contributed by atoms with Gasteiger partial charge in [-0.15, -0.1) is 11.8 Å². The number of ether oxygens (including phenoxy) is 1. The van der Waals surface area contributed by atoms with Gasteiger partial charge in [0.25, 0.3) is 0 Å². The van der Waals surface area contributed by atoms with Crippen LogP contribution in [0.15, 0.2) is 30.3 Å². The molecule has 1 fully saturated rings. The topological polar surface area (TPSA) is 46.6 Å². The molecule has 20 heavy (non-hydrogen) atoms. The summed E-state index contributed by atoms with van der Waals surface area (Å²) >= 11 is 1.58. The first-order valence-corrected chi connectivity index (χ1v) is 7.60. The third-order valence-electron chi connectivity index (χ3n) is 2.88. The van der Waals surface area contributed by atoms with Crippen LogP contribution in [0.1, 0.15) is 31.7 Å². The van der Waals surface area contributed by atoms with Crippen molar-refractivity contribution in [3.8, 4) is 0 Å². The fraction of sp³-hybridized carbons (Fsp3) is 0.467. The third-order valence-corrected chi connectivity index (χ3v) is 4.23. The van der Waals surface area contributed by atoms with Crippen molar-refractivity contribution in [3.05, 3.63) is 35.9 Å². The van der Waals surface area contributed by atoms with Crippen molar-refractivity contribution in [3.63, 3.8) is 0 Å². The van der Waals surface area contributed by atoms with Gasteiger partial charge in [0, 0.05) is 5.75 Å². The number of thioether (sulfide) groups is 1. The molecule has 0 aromatic heterocycles. The minimum Gasteiger partial charge on any atom is -0.444 e. The van der Waals surface area contributed by atoms with E-state index in [-0.39, 0.29) is 5.37 Å². The van der Waals surface area contributed by atoms with Gasteiger partial charge in [0.05, 0.1) is 0 Å². The number of hydrogen-bond acceptors (Lipinski definition) is 4. The van der Waals surface area contributed by atoms with Crippen LogP contribution in [-0.4, -0.2) is 34.7 Å². The summed E-state index contributed by atoms with van der Waals surface area (Å²) in [7, 11) is 0. The molecule has 0 aliphatic carbocycles. The van der Waals surface area contributed by atoms with Gasteiger partial charge in [-0.2, -0.15) is 0 Å². The summed E-state index contributed by atoms with van der Waals surface area (Å²) in [5.74, 6) is 0.600. The van der Waals surface area contributed by atoms with Gasteiger partial charge in [-0.3, -0.25) is 4.90 Å². The molecule has 2 rings (SSSR count). The van der Waals surface area contributed by atoms with Crippen LogP contribution in [0.2, 0.25) is 0 Å². The molecule has 108 valence electrons.